The van der Waals surface area contributed by atoms with Crippen LogP contribution in [0.2, 0.25) is 0 Å². The molecule has 2 aromatic rings. The first kappa shape index (κ1) is 14.0. The lowest BCUT2D eigenvalue weighted by molar-refractivity contribution is 0.0989. The third-order valence-corrected chi connectivity index (χ3v) is 6.04. The van der Waals surface area contributed by atoms with Crippen LogP contribution in [0.1, 0.15) is 51.4 Å². The highest BCUT2D eigenvalue weighted by Crippen LogP contribution is 2.33. The van der Waals surface area contributed by atoms with Gasteiger partial charge in [-0.05, 0) is 61.8 Å². The second kappa shape index (κ2) is 5.88. The molecule has 3 heteroatoms. The maximum Gasteiger partial charge on any atom is 0.268 e. The quantitative estimate of drug-likeness (QED) is 0.704. The van der Waals surface area contributed by atoms with Crippen molar-refractivity contribution in [3.8, 4) is 0 Å². The summed E-state index contributed by atoms with van der Waals surface area (Å²) in [6, 6.07) is 10.5. The molecule has 0 bridgehead atoms. The molecule has 1 amide bonds. The molecule has 2 aliphatic rings. The Morgan fingerprint density at radius 3 is 2.73 bits per heavy atom. The fourth-order valence-corrected chi connectivity index (χ4v) is 4.85. The van der Waals surface area contributed by atoms with Gasteiger partial charge < -0.3 is 4.90 Å². The predicted octanol–water partition coefficient (Wildman–Crippen LogP) is 4.61. The van der Waals surface area contributed by atoms with Gasteiger partial charge in [-0.15, -0.1) is 11.3 Å². The average molecular weight is 311 g/mol. The number of para-hydroxylation sites is 1. The number of aryl methyl sites for hydroxylation is 3. The molecule has 0 fully saturated rings. The molecule has 2 nitrogen and oxygen atoms in total. The van der Waals surface area contributed by atoms with Gasteiger partial charge in [-0.1, -0.05) is 24.6 Å². The number of rotatable bonds is 1. The second-order valence-corrected chi connectivity index (χ2v) is 7.45. The van der Waals surface area contributed by atoms with Crippen molar-refractivity contribution < 1.29 is 4.79 Å². The number of nitrogens with zero attached hydrogens (tertiary/aromatic N) is 1. The van der Waals surface area contributed by atoms with Gasteiger partial charge in [0.25, 0.3) is 5.91 Å². The van der Waals surface area contributed by atoms with Gasteiger partial charge in [0.05, 0.1) is 4.88 Å². The number of fused-ring (bicyclic) bond motifs is 2. The summed E-state index contributed by atoms with van der Waals surface area (Å²) in [6.07, 6.45) is 8.32. The van der Waals surface area contributed by atoms with E-state index in [4.69, 9.17) is 0 Å². The van der Waals surface area contributed by atoms with Gasteiger partial charge in [-0.3, -0.25) is 4.79 Å². The van der Waals surface area contributed by atoms with Crippen LogP contribution in [-0.4, -0.2) is 12.5 Å². The Hall–Kier alpha value is -1.61. The lowest BCUT2D eigenvalue weighted by Crippen LogP contribution is -2.34. The van der Waals surface area contributed by atoms with Crippen molar-refractivity contribution in [1.29, 1.82) is 0 Å². The van der Waals surface area contributed by atoms with Crippen molar-refractivity contribution >= 4 is 22.9 Å². The molecular weight excluding hydrogens is 290 g/mol. The molecule has 1 aromatic carbocycles. The first-order valence-electron chi connectivity index (χ1n) is 8.34. The molecule has 1 aromatic heterocycles. The highest BCUT2D eigenvalue weighted by Gasteiger charge is 2.25. The Bertz CT molecular complexity index is 680. The maximum absolute atomic E-state index is 13.0. The number of anilines is 1. The van der Waals surface area contributed by atoms with Crippen LogP contribution in [0.15, 0.2) is 30.3 Å². The summed E-state index contributed by atoms with van der Waals surface area (Å²) in [5.74, 6) is 0.199. The summed E-state index contributed by atoms with van der Waals surface area (Å²) in [5.41, 5.74) is 3.85. The first-order valence-corrected chi connectivity index (χ1v) is 9.16. The summed E-state index contributed by atoms with van der Waals surface area (Å²) in [6.45, 7) is 0.846. The van der Waals surface area contributed by atoms with E-state index in [1.807, 2.05) is 11.0 Å². The summed E-state index contributed by atoms with van der Waals surface area (Å²) in [5, 5.41) is 0. The fraction of sp³-hybridized carbons (Fsp3) is 0.421. The van der Waals surface area contributed by atoms with Crippen LogP contribution >= 0.6 is 11.3 Å². The highest BCUT2D eigenvalue weighted by molar-refractivity contribution is 7.14. The van der Waals surface area contributed by atoms with Crippen molar-refractivity contribution in [3.63, 3.8) is 0 Å². The van der Waals surface area contributed by atoms with Crippen LogP contribution in [-0.2, 0) is 19.3 Å². The Kier molecular flexibility index (Phi) is 3.75. The summed E-state index contributed by atoms with van der Waals surface area (Å²) in [4.78, 5) is 17.4. The predicted molar refractivity (Wildman–Crippen MR) is 92.0 cm³/mol. The van der Waals surface area contributed by atoms with Gasteiger partial charge >= 0.3 is 0 Å². The zero-order chi connectivity index (χ0) is 14.9. The molecule has 1 aliphatic heterocycles. The lowest BCUT2D eigenvalue weighted by atomic mass is 10.0. The Morgan fingerprint density at radius 1 is 0.955 bits per heavy atom. The highest BCUT2D eigenvalue weighted by atomic mass is 32.1. The average Bonchev–Trinajstić information content (AvgIpc) is 2.84. The first-order chi connectivity index (χ1) is 10.8. The van der Waals surface area contributed by atoms with E-state index >= 15 is 0 Å². The SMILES string of the molecule is O=C(c1cc2c(s1)CCCCC2)N1CCCc2ccccc21. The normalized spacial score (nSPS) is 17.5. The van der Waals surface area contributed by atoms with Crippen LogP contribution in [0, 0.1) is 0 Å². The largest absolute Gasteiger partial charge is 0.307 e. The van der Waals surface area contributed by atoms with Gasteiger partial charge in [0.15, 0.2) is 0 Å². The van der Waals surface area contributed by atoms with Crippen molar-refractivity contribution in [2.24, 2.45) is 0 Å². The number of thiophene rings is 1. The number of hydrogen-bond acceptors (Lipinski definition) is 2. The monoisotopic (exact) mass is 311 g/mol. The van der Waals surface area contributed by atoms with Crippen molar-refractivity contribution in [2.45, 2.75) is 44.9 Å². The van der Waals surface area contributed by atoms with Gasteiger partial charge in [0, 0.05) is 17.1 Å². The summed E-state index contributed by atoms with van der Waals surface area (Å²) >= 11 is 1.73. The van der Waals surface area contributed by atoms with Gasteiger partial charge in [0.2, 0.25) is 0 Å². The van der Waals surface area contributed by atoms with Crippen molar-refractivity contribution in [1.82, 2.24) is 0 Å². The van der Waals surface area contributed by atoms with Crippen LogP contribution in [0.4, 0.5) is 5.69 Å². The molecule has 0 saturated carbocycles. The molecule has 1 aliphatic carbocycles. The summed E-state index contributed by atoms with van der Waals surface area (Å²) < 4.78 is 0. The van der Waals surface area contributed by atoms with Gasteiger partial charge in [-0.25, -0.2) is 0 Å². The number of carbonyl (C=O) groups excluding carboxylic acids is 1. The fourth-order valence-electron chi connectivity index (χ4n) is 3.65. The zero-order valence-electron chi connectivity index (χ0n) is 12.8. The molecule has 22 heavy (non-hydrogen) atoms. The number of hydrogen-bond donors (Lipinski definition) is 0. The van der Waals surface area contributed by atoms with E-state index in [-0.39, 0.29) is 5.91 Å². The van der Waals surface area contributed by atoms with Crippen LogP contribution in [0.5, 0.6) is 0 Å². The van der Waals surface area contributed by atoms with E-state index in [2.05, 4.69) is 24.3 Å². The van der Waals surface area contributed by atoms with Gasteiger partial charge in [-0.2, -0.15) is 0 Å². The van der Waals surface area contributed by atoms with Crippen LogP contribution in [0.3, 0.4) is 0 Å². The molecule has 114 valence electrons. The van der Waals surface area contributed by atoms with E-state index in [0.717, 1.165) is 42.8 Å². The van der Waals surface area contributed by atoms with E-state index in [9.17, 15) is 4.79 Å². The van der Waals surface area contributed by atoms with Crippen molar-refractivity contribution in [2.75, 3.05) is 11.4 Å². The maximum atomic E-state index is 13.0. The minimum absolute atomic E-state index is 0.199. The Balaban J connectivity index is 1.65. The molecular formula is C19H21NOS. The molecule has 0 radical (unpaired) electrons. The molecule has 0 unspecified atom stereocenters. The number of amides is 1. The Morgan fingerprint density at radius 2 is 1.77 bits per heavy atom. The molecule has 2 heterocycles. The minimum Gasteiger partial charge on any atom is -0.307 e. The van der Waals surface area contributed by atoms with E-state index < -0.39 is 0 Å². The lowest BCUT2D eigenvalue weighted by Gasteiger charge is -2.29. The van der Waals surface area contributed by atoms with Gasteiger partial charge in [0.1, 0.15) is 0 Å². The molecule has 0 spiro atoms. The molecule has 0 saturated heterocycles. The number of benzene rings is 1. The second-order valence-electron chi connectivity index (χ2n) is 6.31. The van der Waals surface area contributed by atoms with E-state index in [1.165, 1.54) is 35.3 Å². The van der Waals surface area contributed by atoms with Crippen LogP contribution in [0.25, 0.3) is 0 Å². The third kappa shape index (κ3) is 2.48. The topological polar surface area (TPSA) is 20.3 Å². The minimum atomic E-state index is 0.199. The van der Waals surface area contributed by atoms with E-state index in [1.54, 1.807) is 11.3 Å². The molecule has 0 N–H and O–H groups in total. The zero-order valence-corrected chi connectivity index (χ0v) is 13.6. The number of carbonyl (C=O) groups is 1. The third-order valence-electron chi connectivity index (χ3n) is 4.81. The summed E-state index contributed by atoms with van der Waals surface area (Å²) in [7, 11) is 0. The Labute approximate surface area is 135 Å². The molecule has 0 atom stereocenters. The standard InChI is InChI=1S/C19H21NOS/c21-19(18-13-15-8-2-1-3-11-17(15)22-18)20-12-6-9-14-7-4-5-10-16(14)20/h4-5,7,10,13H,1-3,6,8-9,11-12H2. The molecule has 4 rings (SSSR count). The smallest absolute Gasteiger partial charge is 0.268 e. The van der Waals surface area contributed by atoms with Crippen molar-refractivity contribution in [3.05, 3.63) is 51.2 Å². The van der Waals surface area contributed by atoms with E-state index in [0.29, 0.717) is 0 Å². The van der Waals surface area contributed by atoms with Crippen LogP contribution < -0.4 is 4.90 Å².